The van der Waals surface area contributed by atoms with Crippen LogP contribution in [0.4, 0.5) is 0 Å². The number of hydrogen-bond acceptors (Lipinski definition) is 5. The zero-order valence-corrected chi connectivity index (χ0v) is 13.2. The molecule has 2 heterocycles. The van der Waals surface area contributed by atoms with Crippen molar-refractivity contribution in [3.8, 4) is 10.6 Å². The Bertz CT molecular complexity index is 536. The molecule has 0 unspecified atom stereocenters. The lowest BCUT2D eigenvalue weighted by Gasteiger charge is -2.05. The Morgan fingerprint density at radius 2 is 2.15 bits per heavy atom. The van der Waals surface area contributed by atoms with Gasteiger partial charge in [-0.25, -0.2) is 0 Å². The maximum atomic E-state index is 4.28. The van der Waals surface area contributed by atoms with E-state index in [0.717, 1.165) is 47.2 Å². The van der Waals surface area contributed by atoms with Crippen LogP contribution in [0.15, 0.2) is 18.3 Å². The summed E-state index contributed by atoms with van der Waals surface area (Å²) in [7, 11) is 0. The van der Waals surface area contributed by atoms with Crippen molar-refractivity contribution in [3.05, 3.63) is 29.0 Å². The molecule has 2 aromatic heterocycles. The first kappa shape index (κ1) is 15.1. The number of nitrogens with one attached hydrogen (secondary N) is 1. The maximum Gasteiger partial charge on any atom is 0.147 e. The summed E-state index contributed by atoms with van der Waals surface area (Å²) in [6.07, 6.45) is 3.92. The van der Waals surface area contributed by atoms with Gasteiger partial charge in [0.15, 0.2) is 0 Å². The van der Waals surface area contributed by atoms with E-state index in [-0.39, 0.29) is 0 Å². The molecule has 0 aromatic carbocycles. The number of nitrogens with zero attached hydrogens (tertiary/aromatic N) is 3. The zero-order chi connectivity index (χ0) is 14.4. The lowest BCUT2D eigenvalue weighted by molar-refractivity contribution is 0.542. The van der Waals surface area contributed by atoms with Gasteiger partial charge in [0.05, 0.1) is 0 Å². The van der Waals surface area contributed by atoms with Gasteiger partial charge < -0.3 is 5.32 Å². The van der Waals surface area contributed by atoms with Crippen LogP contribution >= 0.6 is 11.3 Å². The van der Waals surface area contributed by atoms with Gasteiger partial charge in [-0.2, -0.15) is 0 Å². The van der Waals surface area contributed by atoms with E-state index < -0.39 is 0 Å². The molecule has 0 aliphatic heterocycles. The van der Waals surface area contributed by atoms with E-state index in [1.807, 2.05) is 19.2 Å². The number of pyridine rings is 1. The van der Waals surface area contributed by atoms with Gasteiger partial charge in [0, 0.05) is 23.9 Å². The van der Waals surface area contributed by atoms with Crippen LogP contribution in [0.3, 0.4) is 0 Å². The second kappa shape index (κ2) is 7.45. The fraction of sp³-hybridized carbons (Fsp3) is 0.533. The highest BCUT2D eigenvalue weighted by atomic mass is 32.1. The molecule has 2 rings (SSSR count). The average molecular weight is 290 g/mol. The van der Waals surface area contributed by atoms with Gasteiger partial charge >= 0.3 is 0 Å². The summed E-state index contributed by atoms with van der Waals surface area (Å²) in [6, 6.07) is 4.04. The molecule has 0 aliphatic rings. The molecule has 0 fully saturated rings. The number of rotatable bonds is 7. The van der Waals surface area contributed by atoms with E-state index in [1.165, 1.54) is 0 Å². The fourth-order valence-electron chi connectivity index (χ4n) is 1.91. The van der Waals surface area contributed by atoms with Crippen LogP contribution in [0.25, 0.3) is 10.6 Å². The summed E-state index contributed by atoms with van der Waals surface area (Å²) in [6.45, 7) is 8.56. The van der Waals surface area contributed by atoms with Gasteiger partial charge in [0.1, 0.15) is 10.0 Å². The highest BCUT2D eigenvalue weighted by Gasteiger charge is 2.06. The van der Waals surface area contributed by atoms with Crippen molar-refractivity contribution in [2.75, 3.05) is 13.1 Å². The molecular formula is C15H22N4S. The van der Waals surface area contributed by atoms with Crippen molar-refractivity contribution < 1.29 is 0 Å². The molecule has 0 aliphatic carbocycles. The van der Waals surface area contributed by atoms with Crippen molar-refractivity contribution in [2.24, 2.45) is 5.92 Å². The highest BCUT2D eigenvalue weighted by Crippen LogP contribution is 2.23. The molecule has 0 amide bonds. The Kier molecular flexibility index (Phi) is 5.61. The molecular weight excluding hydrogens is 268 g/mol. The molecule has 0 radical (unpaired) electrons. The van der Waals surface area contributed by atoms with Gasteiger partial charge in [0.2, 0.25) is 0 Å². The third kappa shape index (κ3) is 4.65. The van der Waals surface area contributed by atoms with E-state index in [0.29, 0.717) is 5.92 Å². The highest BCUT2D eigenvalue weighted by molar-refractivity contribution is 7.14. The normalized spacial score (nSPS) is 11.2. The zero-order valence-electron chi connectivity index (χ0n) is 12.4. The monoisotopic (exact) mass is 290 g/mol. The summed E-state index contributed by atoms with van der Waals surface area (Å²) in [4.78, 5) is 4.20. The Morgan fingerprint density at radius 3 is 2.90 bits per heavy atom. The van der Waals surface area contributed by atoms with E-state index in [9.17, 15) is 0 Å². The lowest BCUT2D eigenvalue weighted by atomic mass is 10.2. The van der Waals surface area contributed by atoms with Crippen molar-refractivity contribution >= 4 is 11.3 Å². The summed E-state index contributed by atoms with van der Waals surface area (Å²) < 4.78 is 0. The van der Waals surface area contributed by atoms with Crippen LogP contribution < -0.4 is 5.32 Å². The number of aromatic nitrogens is 3. The first-order valence-corrected chi connectivity index (χ1v) is 7.93. The SMILES string of the molecule is Cc1cc(-c2nnc(CCCNCC(C)C)s2)ccn1. The second-order valence-corrected chi connectivity index (χ2v) is 6.45. The van der Waals surface area contributed by atoms with Crippen LogP contribution in [-0.2, 0) is 6.42 Å². The average Bonchev–Trinajstić information content (AvgIpc) is 2.87. The van der Waals surface area contributed by atoms with Gasteiger partial charge in [-0.15, -0.1) is 10.2 Å². The largest absolute Gasteiger partial charge is 0.316 e. The molecule has 108 valence electrons. The number of hydrogen-bond donors (Lipinski definition) is 1. The summed E-state index contributed by atoms with van der Waals surface area (Å²) in [5.41, 5.74) is 2.12. The third-order valence-corrected chi connectivity index (χ3v) is 3.94. The van der Waals surface area contributed by atoms with E-state index >= 15 is 0 Å². The van der Waals surface area contributed by atoms with Crippen molar-refractivity contribution in [1.29, 1.82) is 0 Å². The minimum atomic E-state index is 0.707. The Balaban J connectivity index is 1.83. The quantitative estimate of drug-likeness (QED) is 0.796. The molecule has 5 heteroatoms. The van der Waals surface area contributed by atoms with Crippen LogP contribution in [0.2, 0.25) is 0 Å². The minimum absolute atomic E-state index is 0.707. The fourth-order valence-corrected chi connectivity index (χ4v) is 2.78. The molecule has 0 spiro atoms. The second-order valence-electron chi connectivity index (χ2n) is 5.39. The topological polar surface area (TPSA) is 50.7 Å². The van der Waals surface area contributed by atoms with E-state index in [1.54, 1.807) is 11.3 Å². The summed E-state index contributed by atoms with van der Waals surface area (Å²) in [5, 5.41) is 14.1. The predicted molar refractivity (Wildman–Crippen MR) is 83.9 cm³/mol. The Morgan fingerprint density at radius 1 is 1.30 bits per heavy atom. The first-order valence-electron chi connectivity index (χ1n) is 7.11. The first-order chi connectivity index (χ1) is 9.65. The standard InChI is InChI=1S/C15H22N4S/c1-11(2)10-16-7-4-5-14-18-19-15(20-14)13-6-8-17-12(3)9-13/h6,8-9,11,16H,4-5,7,10H2,1-3H3. The summed E-state index contributed by atoms with van der Waals surface area (Å²) in [5.74, 6) is 0.707. The van der Waals surface area contributed by atoms with Gasteiger partial charge in [-0.3, -0.25) is 4.98 Å². The molecule has 1 N–H and O–H groups in total. The minimum Gasteiger partial charge on any atom is -0.316 e. The number of aryl methyl sites for hydroxylation is 2. The molecule has 0 saturated carbocycles. The van der Waals surface area contributed by atoms with E-state index in [2.05, 4.69) is 40.4 Å². The molecule has 0 atom stereocenters. The van der Waals surface area contributed by atoms with Gasteiger partial charge in [-0.05, 0) is 44.5 Å². The van der Waals surface area contributed by atoms with Crippen molar-refractivity contribution in [1.82, 2.24) is 20.5 Å². The Hall–Kier alpha value is -1.33. The lowest BCUT2D eigenvalue weighted by Crippen LogP contribution is -2.21. The van der Waals surface area contributed by atoms with E-state index in [4.69, 9.17) is 0 Å². The van der Waals surface area contributed by atoms with Crippen LogP contribution in [0.5, 0.6) is 0 Å². The summed E-state index contributed by atoms with van der Waals surface area (Å²) >= 11 is 1.68. The van der Waals surface area contributed by atoms with Crippen LogP contribution in [0.1, 0.15) is 31.0 Å². The van der Waals surface area contributed by atoms with Crippen molar-refractivity contribution in [3.63, 3.8) is 0 Å². The smallest absolute Gasteiger partial charge is 0.147 e. The Labute approximate surface area is 124 Å². The van der Waals surface area contributed by atoms with Crippen LogP contribution in [0, 0.1) is 12.8 Å². The molecule has 0 bridgehead atoms. The van der Waals surface area contributed by atoms with Crippen molar-refractivity contribution in [2.45, 2.75) is 33.6 Å². The van der Waals surface area contributed by atoms with Crippen LogP contribution in [-0.4, -0.2) is 28.3 Å². The predicted octanol–water partition coefficient (Wildman–Crippen LogP) is 3.09. The molecule has 20 heavy (non-hydrogen) atoms. The van der Waals surface area contributed by atoms with Gasteiger partial charge in [-0.1, -0.05) is 25.2 Å². The molecule has 4 nitrogen and oxygen atoms in total. The molecule has 2 aromatic rings. The maximum absolute atomic E-state index is 4.28. The third-order valence-electron chi connectivity index (χ3n) is 2.91. The van der Waals surface area contributed by atoms with Gasteiger partial charge in [0.25, 0.3) is 0 Å². The molecule has 0 saturated heterocycles.